The van der Waals surface area contributed by atoms with E-state index in [0.717, 1.165) is 25.7 Å². The van der Waals surface area contributed by atoms with Crippen LogP contribution in [0.5, 0.6) is 0 Å². The van der Waals surface area contributed by atoms with Crippen LogP contribution in [0.4, 0.5) is 0 Å². The fourth-order valence-corrected chi connectivity index (χ4v) is 5.94. The normalized spacial score (nSPS) is 25.9. The van der Waals surface area contributed by atoms with Crippen molar-refractivity contribution >= 4 is 16.6 Å². The van der Waals surface area contributed by atoms with E-state index in [9.17, 15) is 4.79 Å². The zero-order valence-electron chi connectivity index (χ0n) is 15.4. The lowest BCUT2D eigenvalue weighted by atomic mass is 9.61. The molecule has 2 atom stereocenters. The monoisotopic (exact) mass is 350 g/mol. The molecule has 0 saturated heterocycles. The molecule has 3 aromatic rings. The van der Waals surface area contributed by atoms with Gasteiger partial charge >= 0.3 is 0 Å². The van der Waals surface area contributed by atoms with Crippen LogP contribution in [0, 0.1) is 5.92 Å². The maximum Gasteiger partial charge on any atom is 0.144 e. The molecule has 3 aliphatic carbocycles. The van der Waals surface area contributed by atoms with E-state index in [-0.39, 0.29) is 5.41 Å². The molecule has 6 rings (SSSR count). The van der Waals surface area contributed by atoms with Crippen molar-refractivity contribution in [3.05, 3.63) is 83.4 Å². The number of hydrogen-bond donors (Lipinski definition) is 0. The van der Waals surface area contributed by atoms with Gasteiger partial charge in [-0.1, -0.05) is 66.2 Å². The molecule has 2 bridgehead atoms. The highest BCUT2D eigenvalue weighted by atomic mass is 16.1. The first-order valence-electron chi connectivity index (χ1n) is 10.1. The highest BCUT2D eigenvalue weighted by Crippen LogP contribution is 2.57. The van der Waals surface area contributed by atoms with Gasteiger partial charge < -0.3 is 0 Å². The molecule has 1 fully saturated rings. The Labute approximate surface area is 159 Å². The van der Waals surface area contributed by atoms with Crippen molar-refractivity contribution in [3.63, 3.8) is 0 Å². The number of allylic oxidation sites excluding steroid dienone is 2. The van der Waals surface area contributed by atoms with Crippen molar-refractivity contribution in [2.75, 3.05) is 0 Å². The van der Waals surface area contributed by atoms with Crippen LogP contribution < -0.4 is 0 Å². The van der Waals surface area contributed by atoms with Gasteiger partial charge in [-0.2, -0.15) is 0 Å². The third kappa shape index (κ3) is 2.03. The summed E-state index contributed by atoms with van der Waals surface area (Å²) in [6.45, 7) is 0. The average molecular weight is 350 g/mol. The van der Waals surface area contributed by atoms with Crippen molar-refractivity contribution in [2.24, 2.45) is 5.92 Å². The zero-order chi connectivity index (χ0) is 18.0. The Bertz CT molecular complexity index is 1120. The van der Waals surface area contributed by atoms with Crippen LogP contribution in [-0.2, 0) is 16.6 Å². The lowest BCUT2D eigenvalue weighted by molar-refractivity contribution is -0.126. The quantitative estimate of drug-likeness (QED) is 0.492. The van der Waals surface area contributed by atoms with Gasteiger partial charge in [0, 0.05) is 6.42 Å². The van der Waals surface area contributed by atoms with E-state index in [1.165, 1.54) is 38.6 Å². The van der Waals surface area contributed by atoms with Gasteiger partial charge in [0.05, 0.1) is 5.41 Å². The second-order valence-corrected chi connectivity index (χ2v) is 8.47. The van der Waals surface area contributed by atoms with Gasteiger partial charge in [0.25, 0.3) is 0 Å². The van der Waals surface area contributed by atoms with Gasteiger partial charge in [0.1, 0.15) is 5.78 Å². The van der Waals surface area contributed by atoms with Crippen molar-refractivity contribution in [1.29, 1.82) is 0 Å². The average Bonchev–Trinajstić information content (AvgIpc) is 3.32. The summed E-state index contributed by atoms with van der Waals surface area (Å²) in [5.74, 6) is 0.972. The Balaban J connectivity index is 1.64. The third-order valence-corrected chi connectivity index (χ3v) is 7.19. The molecule has 132 valence electrons. The van der Waals surface area contributed by atoms with Crippen molar-refractivity contribution < 1.29 is 4.79 Å². The fourth-order valence-electron chi connectivity index (χ4n) is 5.94. The lowest BCUT2D eigenvalue weighted by Gasteiger charge is -2.40. The summed E-state index contributed by atoms with van der Waals surface area (Å²) in [5.41, 5.74) is 6.53. The molecule has 0 radical (unpaired) electrons. The maximum atomic E-state index is 13.2. The molecule has 1 nitrogen and oxygen atoms in total. The van der Waals surface area contributed by atoms with Crippen LogP contribution in [0.2, 0.25) is 0 Å². The van der Waals surface area contributed by atoms with E-state index in [1.54, 1.807) is 0 Å². The molecule has 2 unspecified atom stereocenters. The summed E-state index contributed by atoms with van der Waals surface area (Å²) in [7, 11) is 0. The topological polar surface area (TPSA) is 17.1 Å². The number of fused-ring (bicyclic) bond motifs is 6. The number of Topliss-reactive ketones (excluding diaryl/α,β-unsaturated/α-hetero) is 1. The van der Waals surface area contributed by atoms with E-state index in [1.807, 2.05) is 0 Å². The molecule has 3 aromatic carbocycles. The highest BCUT2D eigenvalue weighted by molar-refractivity contribution is 6.01. The van der Waals surface area contributed by atoms with Gasteiger partial charge in [0.2, 0.25) is 0 Å². The number of rotatable bonds is 1. The Morgan fingerprint density at radius 1 is 0.926 bits per heavy atom. The molecule has 0 amide bonds. The maximum absolute atomic E-state index is 13.2. The predicted octanol–water partition coefficient (Wildman–Crippen LogP) is 6.00. The Morgan fingerprint density at radius 3 is 2.59 bits per heavy atom. The highest BCUT2D eigenvalue weighted by Gasteiger charge is 2.55. The summed E-state index contributed by atoms with van der Waals surface area (Å²) >= 11 is 0. The number of carbonyl (C=O) groups excluding carboxylic acids is 1. The molecular weight excluding hydrogens is 328 g/mol. The summed E-state index contributed by atoms with van der Waals surface area (Å²) in [4.78, 5) is 13.2. The smallest absolute Gasteiger partial charge is 0.144 e. The number of hydrogen-bond acceptors (Lipinski definition) is 1. The van der Waals surface area contributed by atoms with Crippen molar-refractivity contribution in [2.45, 2.75) is 37.5 Å². The predicted molar refractivity (Wildman–Crippen MR) is 110 cm³/mol. The molecule has 1 spiro atoms. The van der Waals surface area contributed by atoms with Gasteiger partial charge in [-0.05, 0) is 70.7 Å². The summed E-state index contributed by atoms with van der Waals surface area (Å²) < 4.78 is 0. The third-order valence-electron chi connectivity index (χ3n) is 7.19. The standard InChI is InChI=1S/C26H22O/c27-25-12-10-20-14-19-7-4-8-22(18-5-2-1-3-6-18)23(19)15-24(20)26(25)16-17-9-11-21(26)13-17/h1-9,14-15,21H,10-13,16H2. The first-order chi connectivity index (χ1) is 13.3. The zero-order valence-corrected chi connectivity index (χ0v) is 15.4. The minimum absolute atomic E-state index is 0.240. The Morgan fingerprint density at radius 2 is 1.81 bits per heavy atom. The van der Waals surface area contributed by atoms with Gasteiger partial charge in [-0.15, -0.1) is 0 Å². The number of benzene rings is 3. The van der Waals surface area contributed by atoms with E-state index < -0.39 is 0 Å². The van der Waals surface area contributed by atoms with Crippen molar-refractivity contribution in [3.8, 4) is 11.1 Å². The number of aryl methyl sites for hydroxylation is 1. The summed E-state index contributed by atoms with van der Waals surface area (Å²) in [6.07, 6.45) is 7.16. The van der Waals surface area contributed by atoms with Gasteiger partial charge in [-0.25, -0.2) is 0 Å². The minimum Gasteiger partial charge on any atom is -0.299 e. The SMILES string of the molecule is O=C1CCc2cc3cccc(-c4ccccc4)c3cc2C12CC1=CCC2C1. The largest absolute Gasteiger partial charge is 0.299 e. The van der Waals surface area contributed by atoms with Gasteiger partial charge in [-0.3, -0.25) is 4.79 Å². The molecule has 27 heavy (non-hydrogen) atoms. The second kappa shape index (κ2) is 5.42. The van der Waals surface area contributed by atoms with Crippen LogP contribution in [0.25, 0.3) is 21.9 Å². The fraction of sp³-hybridized carbons (Fsp3) is 0.269. The lowest BCUT2D eigenvalue weighted by Crippen LogP contribution is -2.43. The van der Waals surface area contributed by atoms with E-state index in [0.29, 0.717) is 18.1 Å². The van der Waals surface area contributed by atoms with Crippen LogP contribution >= 0.6 is 0 Å². The first kappa shape index (κ1) is 15.4. The molecule has 0 heterocycles. The van der Waals surface area contributed by atoms with Crippen LogP contribution in [0.1, 0.15) is 36.8 Å². The summed E-state index contributed by atoms with van der Waals surface area (Å²) in [5, 5.41) is 2.58. The van der Waals surface area contributed by atoms with E-state index >= 15 is 0 Å². The molecule has 0 N–H and O–H groups in total. The van der Waals surface area contributed by atoms with E-state index in [4.69, 9.17) is 0 Å². The van der Waals surface area contributed by atoms with Gasteiger partial charge in [0.15, 0.2) is 0 Å². The molecule has 0 aromatic heterocycles. The molecular formula is C26H22O. The number of ketones is 1. The second-order valence-electron chi connectivity index (χ2n) is 8.47. The number of carbonyl (C=O) groups is 1. The molecule has 3 aliphatic rings. The molecule has 0 aliphatic heterocycles. The Kier molecular flexibility index (Phi) is 3.09. The minimum atomic E-state index is -0.240. The van der Waals surface area contributed by atoms with E-state index in [2.05, 4.69) is 66.7 Å². The summed E-state index contributed by atoms with van der Waals surface area (Å²) in [6, 6.07) is 21.9. The molecule has 1 heteroatoms. The molecule has 1 saturated carbocycles. The Hall–Kier alpha value is -2.67. The van der Waals surface area contributed by atoms with Crippen molar-refractivity contribution in [1.82, 2.24) is 0 Å². The van der Waals surface area contributed by atoms with Crippen LogP contribution in [-0.4, -0.2) is 5.78 Å². The van der Waals surface area contributed by atoms with Crippen LogP contribution in [0.15, 0.2) is 72.3 Å². The first-order valence-corrected chi connectivity index (χ1v) is 10.1. The van der Waals surface area contributed by atoms with Crippen LogP contribution in [0.3, 0.4) is 0 Å².